The van der Waals surface area contributed by atoms with E-state index in [4.69, 9.17) is 0 Å². The van der Waals surface area contributed by atoms with Gasteiger partial charge in [-0.1, -0.05) is 30.3 Å². The van der Waals surface area contributed by atoms with Crippen LogP contribution in [-0.2, 0) is 0 Å². The van der Waals surface area contributed by atoms with Gasteiger partial charge in [0.25, 0.3) is 0 Å². The number of amides is 2. The molecule has 2 amide bonds. The molecule has 0 radical (unpaired) electrons. The lowest BCUT2D eigenvalue weighted by Gasteiger charge is -2.31. The number of halogens is 4. The van der Waals surface area contributed by atoms with Gasteiger partial charge >= 0.3 is 18.2 Å². The van der Waals surface area contributed by atoms with Gasteiger partial charge in [-0.15, -0.1) is 11.3 Å². The third-order valence-electron chi connectivity index (χ3n) is 4.67. The van der Waals surface area contributed by atoms with E-state index < -0.39 is 35.8 Å². The highest BCUT2D eigenvalue weighted by Gasteiger charge is 2.65. The first kappa shape index (κ1) is 22.8. The lowest BCUT2D eigenvalue weighted by molar-refractivity contribution is -0.391. The van der Waals surface area contributed by atoms with Crippen LogP contribution in [0.5, 0.6) is 11.5 Å². The second-order valence-electron chi connectivity index (χ2n) is 7.07. The Hall–Kier alpha value is -3.38. The minimum absolute atomic E-state index is 0.184. The van der Waals surface area contributed by atoms with Crippen molar-refractivity contribution in [3.63, 3.8) is 0 Å². The minimum Gasteiger partial charge on any atom is -0.421 e. The van der Waals surface area contributed by atoms with E-state index in [9.17, 15) is 27.5 Å². The van der Waals surface area contributed by atoms with Crippen LogP contribution in [0.3, 0.4) is 0 Å². The number of ether oxygens (including phenoxy) is 2. The molecule has 0 saturated heterocycles. The quantitative estimate of drug-likeness (QED) is 0.546. The van der Waals surface area contributed by atoms with Gasteiger partial charge in [0.05, 0.1) is 18.3 Å². The normalized spacial score (nSPS) is 17.5. The minimum atomic E-state index is -4.85. The molecule has 1 aromatic heterocycles. The molecule has 2 heterocycles. The second kappa shape index (κ2) is 8.52. The summed E-state index contributed by atoms with van der Waals surface area (Å²) in [5.41, 5.74) is 0.916. The number of urea groups is 1. The number of aliphatic hydroxyl groups is 1. The lowest BCUT2D eigenvalue weighted by atomic mass is 10.1. The number of hydrogen-bond donors (Lipinski definition) is 2. The fraction of sp³-hybridized carbons (Fsp3) is 0.238. The molecule has 0 unspecified atom stereocenters. The van der Waals surface area contributed by atoms with E-state index in [0.29, 0.717) is 5.56 Å². The molecule has 0 aliphatic carbocycles. The molecule has 7 nitrogen and oxygen atoms in total. The van der Waals surface area contributed by atoms with Crippen molar-refractivity contribution >= 4 is 17.4 Å². The number of aliphatic hydroxyl groups excluding tert-OH is 1. The summed E-state index contributed by atoms with van der Waals surface area (Å²) in [4.78, 5) is 17.4. The monoisotopic (exact) mass is 483 g/mol. The van der Waals surface area contributed by atoms with E-state index in [2.05, 4.69) is 19.8 Å². The molecule has 0 bridgehead atoms. The van der Waals surface area contributed by atoms with Gasteiger partial charge < -0.3 is 19.9 Å². The Labute approximate surface area is 188 Å². The van der Waals surface area contributed by atoms with E-state index in [1.54, 1.807) is 43.5 Å². The zero-order chi connectivity index (χ0) is 23.8. The standard InChI is InChI=1S/C21H17F4N3O4S/c1-12-10-28(14-7-8-16-17(9-14)32-21(24,25)20(22,23)31-16)19(33-12)27-18(30)26-15(11-29)13-5-3-2-4-6-13/h2-10,15,29H,11H2,1H3,(H,26,30)/t15-/m0/s1. The molecule has 174 valence electrons. The average molecular weight is 483 g/mol. The number of aryl methyl sites for hydroxylation is 1. The molecular formula is C21H17F4N3O4S. The Morgan fingerprint density at radius 2 is 1.79 bits per heavy atom. The van der Waals surface area contributed by atoms with Crippen molar-refractivity contribution in [3.05, 3.63) is 70.0 Å². The van der Waals surface area contributed by atoms with Gasteiger partial charge in [0.15, 0.2) is 16.3 Å². The smallest absolute Gasteiger partial charge is 0.421 e. The highest BCUT2D eigenvalue weighted by molar-refractivity contribution is 7.09. The fourth-order valence-corrected chi connectivity index (χ4v) is 3.94. The van der Waals surface area contributed by atoms with E-state index in [-0.39, 0.29) is 17.1 Å². The Morgan fingerprint density at radius 1 is 1.12 bits per heavy atom. The number of thiazole rings is 1. The van der Waals surface area contributed by atoms with Crippen molar-refractivity contribution in [2.45, 2.75) is 25.2 Å². The molecule has 12 heteroatoms. The molecule has 1 aliphatic heterocycles. The maximum atomic E-state index is 13.6. The zero-order valence-corrected chi connectivity index (χ0v) is 17.8. The van der Waals surface area contributed by atoms with E-state index in [1.807, 2.05) is 0 Å². The van der Waals surface area contributed by atoms with Crippen LogP contribution >= 0.6 is 11.3 Å². The summed E-state index contributed by atoms with van der Waals surface area (Å²) in [5, 5.41) is 12.2. The van der Waals surface area contributed by atoms with Gasteiger partial charge in [0.2, 0.25) is 0 Å². The molecular weight excluding hydrogens is 466 g/mol. The molecule has 2 aromatic carbocycles. The molecule has 3 aromatic rings. The van der Waals surface area contributed by atoms with Gasteiger partial charge in [-0.05, 0) is 24.6 Å². The summed E-state index contributed by atoms with van der Waals surface area (Å²) in [6.45, 7) is 1.39. The van der Waals surface area contributed by atoms with Crippen LogP contribution in [0.1, 0.15) is 16.5 Å². The third-order valence-corrected chi connectivity index (χ3v) is 5.57. The van der Waals surface area contributed by atoms with Crippen molar-refractivity contribution in [3.8, 4) is 17.2 Å². The Kier molecular flexibility index (Phi) is 5.89. The van der Waals surface area contributed by atoms with Gasteiger partial charge in [-0.25, -0.2) is 4.79 Å². The highest BCUT2D eigenvalue weighted by Crippen LogP contribution is 2.47. The van der Waals surface area contributed by atoms with Gasteiger partial charge in [0, 0.05) is 17.1 Å². The Balaban J connectivity index is 1.64. The molecule has 4 rings (SSSR count). The number of nitrogens with one attached hydrogen (secondary N) is 1. The summed E-state index contributed by atoms with van der Waals surface area (Å²) < 4.78 is 63.6. The number of fused-ring (bicyclic) bond motifs is 1. The fourth-order valence-electron chi connectivity index (χ4n) is 3.11. The van der Waals surface area contributed by atoms with Crippen molar-refractivity contribution in [1.82, 2.24) is 9.88 Å². The van der Waals surface area contributed by atoms with Crippen molar-refractivity contribution in [2.75, 3.05) is 6.61 Å². The second-order valence-corrected chi connectivity index (χ2v) is 8.28. The summed E-state index contributed by atoms with van der Waals surface area (Å²) in [7, 11) is 0. The summed E-state index contributed by atoms with van der Waals surface area (Å²) in [5.74, 6) is -1.13. The molecule has 1 atom stereocenters. The predicted molar refractivity (Wildman–Crippen MR) is 110 cm³/mol. The summed E-state index contributed by atoms with van der Waals surface area (Å²) in [6.07, 6.45) is -8.07. The number of hydrogen-bond acceptors (Lipinski definition) is 5. The zero-order valence-electron chi connectivity index (χ0n) is 17.0. The van der Waals surface area contributed by atoms with Gasteiger partial charge in [-0.2, -0.15) is 22.6 Å². The summed E-state index contributed by atoms with van der Waals surface area (Å²) in [6, 6.07) is 10.9. The number of aromatic nitrogens is 1. The third kappa shape index (κ3) is 4.57. The van der Waals surface area contributed by atoms with Gasteiger partial charge in [-0.3, -0.25) is 4.57 Å². The highest BCUT2D eigenvalue weighted by atomic mass is 32.1. The van der Waals surface area contributed by atoms with E-state index in [0.717, 1.165) is 28.3 Å². The number of benzene rings is 2. The average Bonchev–Trinajstić information content (AvgIpc) is 3.12. The van der Waals surface area contributed by atoms with Crippen molar-refractivity contribution < 1.29 is 36.9 Å². The largest absolute Gasteiger partial charge is 0.507 e. The molecule has 0 fully saturated rings. The number of carbonyl (C=O) groups excluding carboxylic acids is 1. The van der Waals surface area contributed by atoms with Crippen LogP contribution < -0.4 is 19.6 Å². The number of rotatable bonds is 4. The van der Waals surface area contributed by atoms with Crippen LogP contribution in [0.2, 0.25) is 0 Å². The topological polar surface area (TPSA) is 85.1 Å². The lowest BCUT2D eigenvalue weighted by Crippen LogP contribution is -2.52. The van der Waals surface area contributed by atoms with Crippen LogP contribution in [-0.4, -0.2) is 34.5 Å². The maximum absolute atomic E-state index is 13.6. The van der Waals surface area contributed by atoms with Gasteiger partial charge in [0.1, 0.15) is 0 Å². The first-order chi connectivity index (χ1) is 15.6. The number of carbonyl (C=O) groups is 1. The molecule has 33 heavy (non-hydrogen) atoms. The van der Waals surface area contributed by atoms with Crippen molar-refractivity contribution in [1.29, 1.82) is 0 Å². The Bertz CT molecular complexity index is 1240. The number of alkyl halides is 4. The van der Waals surface area contributed by atoms with Crippen LogP contribution in [0, 0.1) is 6.92 Å². The maximum Gasteiger partial charge on any atom is 0.507 e. The van der Waals surface area contributed by atoms with E-state index >= 15 is 0 Å². The number of nitrogens with zero attached hydrogens (tertiary/aromatic N) is 2. The Morgan fingerprint density at radius 3 is 2.45 bits per heavy atom. The first-order valence-electron chi connectivity index (χ1n) is 9.58. The SMILES string of the molecule is Cc1cn(-c2ccc3c(c2)OC(F)(F)C(F)(F)O3)c(=NC(=O)N[C@@H](CO)c2ccccc2)s1. The van der Waals surface area contributed by atoms with Crippen LogP contribution in [0.4, 0.5) is 22.4 Å². The van der Waals surface area contributed by atoms with E-state index in [1.165, 1.54) is 10.6 Å². The van der Waals surface area contributed by atoms with Crippen LogP contribution in [0.15, 0.2) is 59.7 Å². The summed E-state index contributed by atoms with van der Waals surface area (Å²) >= 11 is 1.14. The van der Waals surface area contributed by atoms with Crippen LogP contribution in [0.25, 0.3) is 5.69 Å². The van der Waals surface area contributed by atoms with Crippen molar-refractivity contribution in [2.24, 2.45) is 4.99 Å². The molecule has 0 spiro atoms. The molecule has 1 aliphatic rings. The molecule has 0 saturated carbocycles. The molecule has 2 N–H and O–H groups in total. The first-order valence-corrected chi connectivity index (χ1v) is 10.4. The predicted octanol–water partition coefficient (Wildman–Crippen LogP) is 4.15.